The average Bonchev–Trinajstić information content (AvgIpc) is 2.39. The molecule has 3 heteroatoms. The highest BCUT2D eigenvalue weighted by molar-refractivity contribution is 5.37. The molecule has 0 amide bonds. The monoisotopic (exact) mass is 249 g/mol. The van der Waals surface area contributed by atoms with Gasteiger partial charge in [0.25, 0.3) is 0 Å². The summed E-state index contributed by atoms with van der Waals surface area (Å²) < 4.78 is 11.4. The molecule has 2 unspecified atom stereocenters. The Kier molecular flexibility index (Phi) is 4.25. The van der Waals surface area contributed by atoms with Gasteiger partial charge in [0, 0.05) is 11.5 Å². The van der Waals surface area contributed by atoms with Crippen molar-refractivity contribution >= 4 is 0 Å². The molecule has 0 bridgehead atoms. The second kappa shape index (κ2) is 5.72. The Balaban J connectivity index is 1.92. The van der Waals surface area contributed by atoms with E-state index in [2.05, 4.69) is 19.1 Å². The molecule has 0 aliphatic carbocycles. The zero-order valence-electron chi connectivity index (χ0n) is 11.3. The second-order valence-electron chi connectivity index (χ2n) is 5.39. The van der Waals surface area contributed by atoms with Crippen molar-refractivity contribution in [2.24, 2.45) is 5.73 Å². The molecule has 1 aliphatic rings. The van der Waals surface area contributed by atoms with E-state index in [-0.39, 0.29) is 5.54 Å². The van der Waals surface area contributed by atoms with Crippen LogP contribution in [-0.4, -0.2) is 25.4 Å². The lowest BCUT2D eigenvalue weighted by atomic mass is 9.94. The number of hydrogen-bond acceptors (Lipinski definition) is 3. The number of para-hydroxylation sites is 1. The summed E-state index contributed by atoms with van der Waals surface area (Å²) in [6.45, 7) is 6.24. The van der Waals surface area contributed by atoms with Crippen molar-refractivity contribution in [1.82, 2.24) is 0 Å². The Labute approximate surface area is 109 Å². The number of benzene rings is 1. The maximum absolute atomic E-state index is 6.08. The van der Waals surface area contributed by atoms with Crippen molar-refractivity contribution < 1.29 is 9.47 Å². The predicted octanol–water partition coefficient (Wildman–Crippen LogP) is 2.70. The molecule has 2 rings (SSSR count). The Morgan fingerprint density at radius 2 is 2.22 bits per heavy atom. The van der Waals surface area contributed by atoms with Gasteiger partial charge in [-0.15, -0.1) is 0 Å². The minimum atomic E-state index is -0.218. The number of rotatable bonds is 5. The lowest BCUT2D eigenvalue weighted by molar-refractivity contribution is 0.0701. The average molecular weight is 249 g/mol. The van der Waals surface area contributed by atoms with Gasteiger partial charge < -0.3 is 15.2 Å². The Bertz CT molecular complexity index is 390. The Hall–Kier alpha value is -1.06. The summed E-state index contributed by atoms with van der Waals surface area (Å²) in [4.78, 5) is 0. The lowest BCUT2D eigenvalue weighted by Gasteiger charge is -2.28. The maximum Gasteiger partial charge on any atom is 0.122 e. The molecule has 18 heavy (non-hydrogen) atoms. The summed E-state index contributed by atoms with van der Waals surface area (Å²) >= 11 is 0. The van der Waals surface area contributed by atoms with Crippen LogP contribution in [0.4, 0.5) is 0 Å². The largest absolute Gasteiger partial charge is 0.493 e. The van der Waals surface area contributed by atoms with Crippen molar-refractivity contribution in [3.8, 4) is 5.75 Å². The number of hydrogen-bond donors (Lipinski definition) is 1. The summed E-state index contributed by atoms with van der Waals surface area (Å²) in [6, 6.07) is 8.22. The fraction of sp³-hybridized carbons (Fsp3) is 0.600. The molecule has 0 radical (unpaired) electrons. The molecule has 2 atom stereocenters. The van der Waals surface area contributed by atoms with Crippen molar-refractivity contribution in [2.75, 3.05) is 19.8 Å². The number of ether oxygens (including phenoxy) is 2. The van der Waals surface area contributed by atoms with E-state index in [9.17, 15) is 0 Å². The van der Waals surface area contributed by atoms with Crippen LogP contribution in [0.2, 0.25) is 0 Å². The molecule has 2 N–H and O–H groups in total. The maximum atomic E-state index is 6.08. The molecule has 1 aromatic carbocycles. The van der Waals surface area contributed by atoms with Crippen LogP contribution >= 0.6 is 0 Å². The van der Waals surface area contributed by atoms with Gasteiger partial charge in [0.15, 0.2) is 0 Å². The van der Waals surface area contributed by atoms with Crippen LogP contribution < -0.4 is 10.5 Å². The zero-order valence-corrected chi connectivity index (χ0v) is 11.3. The Morgan fingerprint density at radius 1 is 1.44 bits per heavy atom. The molecular weight excluding hydrogens is 226 g/mol. The van der Waals surface area contributed by atoms with Gasteiger partial charge in [-0.25, -0.2) is 0 Å². The van der Waals surface area contributed by atoms with E-state index in [1.54, 1.807) is 0 Å². The van der Waals surface area contributed by atoms with Crippen molar-refractivity contribution in [3.63, 3.8) is 0 Å². The standard InChI is InChI=1S/C15H23NO2/c1-3-15(2,16)11-17-10-12-8-9-18-14-7-5-4-6-13(12)14/h4-7,12H,3,8-11,16H2,1-2H3. The van der Waals surface area contributed by atoms with Crippen LogP contribution in [0.5, 0.6) is 5.75 Å². The number of nitrogens with two attached hydrogens (primary N) is 1. The van der Waals surface area contributed by atoms with E-state index >= 15 is 0 Å². The molecule has 3 nitrogen and oxygen atoms in total. The van der Waals surface area contributed by atoms with E-state index in [1.807, 2.05) is 19.1 Å². The van der Waals surface area contributed by atoms with Gasteiger partial charge in [0.1, 0.15) is 5.75 Å². The molecule has 1 aromatic rings. The van der Waals surface area contributed by atoms with Gasteiger partial charge >= 0.3 is 0 Å². The number of fused-ring (bicyclic) bond motifs is 1. The third-order valence-corrected chi connectivity index (χ3v) is 3.64. The van der Waals surface area contributed by atoms with Crippen molar-refractivity contribution in [3.05, 3.63) is 29.8 Å². The summed E-state index contributed by atoms with van der Waals surface area (Å²) in [5, 5.41) is 0. The third-order valence-electron chi connectivity index (χ3n) is 3.64. The van der Waals surface area contributed by atoms with E-state index in [1.165, 1.54) is 5.56 Å². The van der Waals surface area contributed by atoms with E-state index in [0.29, 0.717) is 12.5 Å². The molecule has 1 heterocycles. The normalized spacial score (nSPS) is 21.8. The van der Waals surface area contributed by atoms with Crippen LogP contribution in [0.1, 0.15) is 38.2 Å². The highest BCUT2D eigenvalue weighted by Crippen LogP contribution is 2.33. The van der Waals surface area contributed by atoms with Crippen LogP contribution in [0.25, 0.3) is 0 Å². The predicted molar refractivity (Wildman–Crippen MR) is 73.0 cm³/mol. The molecule has 1 aliphatic heterocycles. The zero-order chi connectivity index (χ0) is 13.0. The fourth-order valence-electron chi connectivity index (χ4n) is 2.13. The summed E-state index contributed by atoms with van der Waals surface area (Å²) in [5.41, 5.74) is 7.12. The summed E-state index contributed by atoms with van der Waals surface area (Å²) in [7, 11) is 0. The topological polar surface area (TPSA) is 44.5 Å². The first kappa shape index (κ1) is 13.4. The molecule has 0 fully saturated rings. The fourth-order valence-corrected chi connectivity index (χ4v) is 2.13. The summed E-state index contributed by atoms with van der Waals surface area (Å²) in [5.74, 6) is 1.44. The molecule has 0 saturated carbocycles. The van der Waals surface area contributed by atoms with Gasteiger partial charge in [-0.05, 0) is 31.4 Å². The molecule has 0 spiro atoms. The van der Waals surface area contributed by atoms with Gasteiger partial charge in [-0.2, -0.15) is 0 Å². The first-order chi connectivity index (χ1) is 8.62. The van der Waals surface area contributed by atoms with Crippen LogP contribution in [0.15, 0.2) is 24.3 Å². The molecule has 0 aromatic heterocycles. The quantitative estimate of drug-likeness (QED) is 0.872. The lowest BCUT2D eigenvalue weighted by Crippen LogP contribution is -2.40. The van der Waals surface area contributed by atoms with Crippen LogP contribution in [0.3, 0.4) is 0 Å². The van der Waals surface area contributed by atoms with Gasteiger partial charge in [0.2, 0.25) is 0 Å². The molecule has 100 valence electrons. The SMILES string of the molecule is CCC(C)(N)COCC1CCOc2ccccc21. The van der Waals surface area contributed by atoms with Crippen LogP contribution in [0, 0.1) is 0 Å². The second-order valence-corrected chi connectivity index (χ2v) is 5.39. The van der Waals surface area contributed by atoms with Gasteiger partial charge in [0.05, 0.1) is 19.8 Å². The summed E-state index contributed by atoms with van der Waals surface area (Å²) in [6.07, 6.45) is 1.95. The van der Waals surface area contributed by atoms with Crippen molar-refractivity contribution in [2.45, 2.75) is 38.1 Å². The van der Waals surface area contributed by atoms with Gasteiger partial charge in [-0.1, -0.05) is 25.1 Å². The third kappa shape index (κ3) is 3.24. The van der Waals surface area contributed by atoms with Crippen molar-refractivity contribution in [1.29, 1.82) is 0 Å². The smallest absolute Gasteiger partial charge is 0.122 e. The highest BCUT2D eigenvalue weighted by Gasteiger charge is 2.22. The van der Waals surface area contributed by atoms with E-state index in [4.69, 9.17) is 15.2 Å². The van der Waals surface area contributed by atoms with E-state index in [0.717, 1.165) is 31.8 Å². The van der Waals surface area contributed by atoms with E-state index < -0.39 is 0 Å². The first-order valence-corrected chi connectivity index (χ1v) is 6.71. The highest BCUT2D eigenvalue weighted by atomic mass is 16.5. The minimum Gasteiger partial charge on any atom is -0.493 e. The molecular formula is C15H23NO2. The molecule has 0 saturated heterocycles. The van der Waals surface area contributed by atoms with Crippen LogP contribution in [-0.2, 0) is 4.74 Å². The first-order valence-electron chi connectivity index (χ1n) is 6.71. The van der Waals surface area contributed by atoms with Gasteiger partial charge in [-0.3, -0.25) is 0 Å². The minimum absolute atomic E-state index is 0.218. The Morgan fingerprint density at radius 3 is 3.00 bits per heavy atom.